The zero-order valence-electron chi connectivity index (χ0n) is 13.3. The standard InChI is InChI=1S/C18H28BrNO/c1-3-4-5-6-8-14(2)20-17-9-7-12-21-18-13-15(19)10-11-16(17)18/h10-11,13-14,17,20H,3-9,12H2,1-2H3. The second-order valence-corrected chi connectivity index (χ2v) is 7.06. The van der Waals surface area contributed by atoms with Crippen molar-refractivity contribution in [2.75, 3.05) is 6.61 Å². The number of hydrogen-bond donors (Lipinski definition) is 1. The molecular formula is C18H28BrNO. The lowest BCUT2D eigenvalue weighted by Crippen LogP contribution is -2.30. The lowest BCUT2D eigenvalue weighted by atomic mass is 10.00. The van der Waals surface area contributed by atoms with Gasteiger partial charge in [0.25, 0.3) is 0 Å². The summed E-state index contributed by atoms with van der Waals surface area (Å²) >= 11 is 3.54. The molecule has 0 aliphatic carbocycles. The van der Waals surface area contributed by atoms with Gasteiger partial charge in [0.2, 0.25) is 0 Å². The Bertz CT molecular complexity index is 435. The van der Waals surface area contributed by atoms with E-state index in [1.807, 2.05) is 0 Å². The van der Waals surface area contributed by atoms with E-state index in [0.717, 1.165) is 29.7 Å². The molecule has 1 aliphatic rings. The fraction of sp³-hybridized carbons (Fsp3) is 0.667. The Hall–Kier alpha value is -0.540. The SMILES string of the molecule is CCCCCCC(C)NC1CCCOc2cc(Br)ccc21. The summed E-state index contributed by atoms with van der Waals surface area (Å²) in [5.74, 6) is 1.04. The number of rotatable bonds is 7. The van der Waals surface area contributed by atoms with Crippen LogP contribution in [0.5, 0.6) is 5.75 Å². The highest BCUT2D eigenvalue weighted by Crippen LogP contribution is 2.34. The van der Waals surface area contributed by atoms with Gasteiger partial charge in [-0.15, -0.1) is 0 Å². The van der Waals surface area contributed by atoms with Crippen molar-refractivity contribution in [3.8, 4) is 5.75 Å². The number of halogens is 1. The number of unbranched alkanes of at least 4 members (excludes halogenated alkanes) is 3. The summed E-state index contributed by atoms with van der Waals surface area (Å²) in [5.41, 5.74) is 1.32. The molecule has 1 heterocycles. The van der Waals surface area contributed by atoms with Crippen LogP contribution in [0.3, 0.4) is 0 Å². The Morgan fingerprint density at radius 2 is 2.19 bits per heavy atom. The monoisotopic (exact) mass is 353 g/mol. The summed E-state index contributed by atoms with van der Waals surface area (Å²) in [7, 11) is 0. The van der Waals surface area contributed by atoms with Gasteiger partial charge in [0.1, 0.15) is 5.75 Å². The Kier molecular flexibility index (Phi) is 7.05. The van der Waals surface area contributed by atoms with Crippen LogP contribution in [0, 0.1) is 0 Å². The minimum atomic E-state index is 0.428. The Morgan fingerprint density at radius 1 is 1.33 bits per heavy atom. The quantitative estimate of drug-likeness (QED) is 0.643. The molecule has 0 spiro atoms. The number of fused-ring (bicyclic) bond motifs is 1. The highest BCUT2D eigenvalue weighted by Gasteiger charge is 2.21. The van der Waals surface area contributed by atoms with E-state index in [-0.39, 0.29) is 0 Å². The van der Waals surface area contributed by atoms with Gasteiger partial charge in [0.15, 0.2) is 0 Å². The summed E-state index contributed by atoms with van der Waals surface area (Å²) in [6, 6.07) is 7.42. The molecule has 2 unspecified atom stereocenters. The average molecular weight is 354 g/mol. The zero-order chi connectivity index (χ0) is 15.1. The molecule has 118 valence electrons. The topological polar surface area (TPSA) is 21.3 Å². The van der Waals surface area contributed by atoms with Crippen molar-refractivity contribution in [2.45, 2.75) is 70.9 Å². The van der Waals surface area contributed by atoms with E-state index in [0.29, 0.717) is 12.1 Å². The van der Waals surface area contributed by atoms with Gasteiger partial charge in [-0.05, 0) is 38.3 Å². The van der Waals surface area contributed by atoms with E-state index < -0.39 is 0 Å². The molecule has 2 rings (SSSR count). The number of ether oxygens (including phenoxy) is 1. The third-order valence-corrected chi connectivity index (χ3v) is 4.72. The van der Waals surface area contributed by atoms with Crippen molar-refractivity contribution in [3.63, 3.8) is 0 Å². The van der Waals surface area contributed by atoms with Gasteiger partial charge in [-0.2, -0.15) is 0 Å². The second kappa shape index (κ2) is 8.79. The summed E-state index contributed by atoms with van der Waals surface area (Å²) in [6.07, 6.45) is 8.91. The molecule has 0 amide bonds. The predicted molar refractivity (Wildman–Crippen MR) is 93.0 cm³/mol. The van der Waals surface area contributed by atoms with E-state index >= 15 is 0 Å². The number of hydrogen-bond acceptors (Lipinski definition) is 2. The molecule has 2 nitrogen and oxygen atoms in total. The first-order valence-electron chi connectivity index (χ1n) is 8.39. The summed E-state index contributed by atoms with van der Waals surface area (Å²) in [5, 5.41) is 3.82. The molecule has 2 atom stereocenters. The first-order chi connectivity index (χ1) is 10.2. The van der Waals surface area contributed by atoms with Crippen LogP contribution in [0.25, 0.3) is 0 Å². The van der Waals surface area contributed by atoms with Gasteiger partial charge in [0.05, 0.1) is 6.61 Å². The predicted octanol–water partition coefficient (Wildman–Crippen LogP) is 5.61. The number of nitrogens with one attached hydrogen (secondary N) is 1. The van der Waals surface area contributed by atoms with Crippen LogP contribution >= 0.6 is 15.9 Å². The van der Waals surface area contributed by atoms with Crippen LogP contribution in [0.1, 0.15) is 70.4 Å². The molecule has 1 N–H and O–H groups in total. The van der Waals surface area contributed by atoms with E-state index in [4.69, 9.17) is 4.74 Å². The van der Waals surface area contributed by atoms with Crippen LogP contribution in [-0.4, -0.2) is 12.6 Å². The first-order valence-corrected chi connectivity index (χ1v) is 9.18. The van der Waals surface area contributed by atoms with Crippen molar-refractivity contribution in [1.82, 2.24) is 5.32 Å². The van der Waals surface area contributed by atoms with E-state index in [2.05, 4.69) is 53.3 Å². The normalized spacial score (nSPS) is 19.5. The van der Waals surface area contributed by atoms with Crippen molar-refractivity contribution < 1.29 is 4.74 Å². The summed E-state index contributed by atoms with van der Waals surface area (Å²) < 4.78 is 6.98. The third-order valence-electron chi connectivity index (χ3n) is 4.22. The molecule has 1 aromatic rings. The second-order valence-electron chi connectivity index (χ2n) is 6.14. The van der Waals surface area contributed by atoms with E-state index in [1.165, 1.54) is 37.7 Å². The van der Waals surface area contributed by atoms with Gasteiger partial charge in [-0.1, -0.05) is 54.6 Å². The maximum Gasteiger partial charge on any atom is 0.125 e. The van der Waals surface area contributed by atoms with Gasteiger partial charge in [0, 0.05) is 22.1 Å². The van der Waals surface area contributed by atoms with Crippen molar-refractivity contribution >= 4 is 15.9 Å². The largest absolute Gasteiger partial charge is 0.493 e. The van der Waals surface area contributed by atoms with Crippen LogP contribution < -0.4 is 10.1 Å². The highest BCUT2D eigenvalue weighted by molar-refractivity contribution is 9.10. The molecule has 0 aromatic heterocycles. The smallest absolute Gasteiger partial charge is 0.125 e. The fourth-order valence-electron chi connectivity index (χ4n) is 3.02. The fourth-order valence-corrected chi connectivity index (χ4v) is 3.36. The van der Waals surface area contributed by atoms with Crippen LogP contribution in [0.4, 0.5) is 0 Å². The molecule has 1 aliphatic heterocycles. The molecule has 0 radical (unpaired) electrons. The molecule has 1 aromatic carbocycles. The molecule has 0 bridgehead atoms. The first kappa shape index (κ1) is 16.8. The molecule has 0 saturated carbocycles. The maximum absolute atomic E-state index is 5.88. The minimum absolute atomic E-state index is 0.428. The molecule has 0 fully saturated rings. The summed E-state index contributed by atoms with van der Waals surface area (Å²) in [6.45, 7) is 5.41. The van der Waals surface area contributed by atoms with Gasteiger partial charge in [-0.3, -0.25) is 0 Å². The Labute approximate surface area is 137 Å². The Morgan fingerprint density at radius 3 is 3.00 bits per heavy atom. The minimum Gasteiger partial charge on any atom is -0.493 e. The van der Waals surface area contributed by atoms with Gasteiger partial charge < -0.3 is 10.1 Å². The van der Waals surface area contributed by atoms with E-state index in [9.17, 15) is 0 Å². The lowest BCUT2D eigenvalue weighted by molar-refractivity contribution is 0.314. The lowest BCUT2D eigenvalue weighted by Gasteiger charge is -2.23. The average Bonchev–Trinajstić information content (AvgIpc) is 2.66. The molecular weight excluding hydrogens is 326 g/mol. The molecule has 3 heteroatoms. The zero-order valence-corrected chi connectivity index (χ0v) is 14.9. The van der Waals surface area contributed by atoms with E-state index in [1.54, 1.807) is 0 Å². The van der Waals surface area contributed by atoms with Gasteiger partial charge in [-0.25, -0.2) is 0 Å². The third kappa shape index (κ3) is 5.30. The van der Waals surface area contributed by atoms with Crippen molar-refractivity contribution in [1.29, 1.82) is 0 Å². The van der Waals surface area contributed by atoms with Crippen LogP contribution in [-0.2, 0) is 0 Å². The van der Waals surface area contributed by atoms with Crippen molar-refractivity contribution in [2.24, 2.45) is 0 Å². The van der Waals surface area contributed by atoms with Crippen LogP contribution in [0.15, 0.2) is 22.7 Å². The highest BCUT2D eigenvalue weighted by atomic mass is 79.9. The van der Waals surface area contributed by atoms with Gasteiger partial charge >= 0.3 is 0 Å². The van der Waals surface area contributed by atoms with Crippen LogP contribution in [0.2, 0.25) is 0 Å². The summed E-state index contributed by atoms with van der Waals surface area (Å²) in [4.78, 5) is 0. The maximum atomic E-state index is 5.88. The van der Waals surface area contributed by atoms with Crippen molar-refractivity contribution in [3.05, 3.63) is 28.2 Å². The molecule has 21 heavy (non-hydrogen) atoms. The molecule has 0 saturated heterocycles. The Balaban J connectivity index is 1.93. The number of benzene rings is 1.